The quantitative estimate of drug-likeness (QED) is 0.784. The minimum Gasteiger partial charge on any atom is -0.478 e. The van der Waals surface area contributed by atoms with E-state index in [0.29, 0.717) is 0 Å². The monoisotopic (exact) mass is 259 g/mol. The Bertz CT molecular complexity index is 553. The van der Waals surface area contributed by atoms with Crippen LogP contribution in [0.25, 0.3) is 0 Å². The van der Waals surface area contributed by atoms with E-state index in [0.717, 1.165) is 18.2 Å². The van der Waals surface area contributed by atoms with Crippen LogP contribution in [0.15, 0.2) is 30.9 Å². The Hall–Kier alpha value is -1.89. The van der Waals surface area contributed by atoms with Crippen LogP contribution in [0, 0.1) is 5.82 Å². The molecule has 0 aliphatic heterocycles. The summed E-state index contributed by atoms with van der Waals surface area (Å²) in [6.07, 6.45) is 1.18. The number of rotatable bonds is 5. The van der Waals surface area contributed by atoms with Crippen molar-refractivity contribution in [3.8, 4) is 0 Å². The van der Waals surface area contributed by atoms with Crippen molar-refractivity contribution in [3.05, 3.63) is 42.2 Å². The SMILES string of the molecule is C=CCS(=O)(=O)Nc1ccc(F)c(C(=O)O)c1. The molecular formula is C10H10FNO4S. The van der Waals surface area contributed by atoms with Gasteiger partial charge in [-0.1, -0.05) is 6.08 Å². The van der Waals surface area contributed by atoms with Crippen LogP contribution in [-0.2, 0) is 10.0 Å². The van der Waals surface area contributed by atoms with Gasteiger partial charge in [-0.05, 0) is 18.2 Å². The second-order valence-electron chi connectivity index (χ2n) is 3.17. The molecule has 92 valence electrons. The molecule has 2 N–H and O–H groups in total. The Balaban J connectivity index is 3.05. The molecule has 0 saturated carbocycles. The molecule has 17 heavy (non-hydrogen) atoms. The summed E-state index contributed by atoms with van der Waals surface area (Å²) in [4.78, 5) is 10.6. The highest BCUT2D eigenvalue weighted by molar-refractivity contribution is 7.92. The average molecular weight is 259 g/mol. The Morgan fingerprint density at radius 2 is 2.18 bits per heavy atom. The standard InChI is InChI=1S/C10H10FNO4S/c1-2-5-17(15,16)12-7-3-4-9(11)8(6-7)10(13)14/h2-4,6,12H,1,5H2,(H,13,14). The van der Waals surface area contributed by atoms with E-state index in [-0.39, 0.29) is 11.4 Å². The molecule has 0 aromatic heterocycles. The van der Waals surface area contributed by atoms with Gasteiger partial charge in [-0.3, -0.25) is 4.72 Å². The summed E-state index contributed by atoms with van der Waals surface area (Å²) in [5.41, 5.74) is -0.602. The number of carboxylic acid groups (broad SMARTS) is 1. The average Bonchev–Trinajstić information content (AvgIpc) is 2.20. The molecule has 0 aliphatic carbocycles. The second-order valence-corrected chi connectivity index (χ2v) is 4.94. The zero-order chi connectivity index (χ0) is 13.1. The Morgan fingerprint density at radius 1 is 1.53 bits per heavy atom. The molecular weight excluding hydrogens is 249 g/mol. The third-order valence-corrected chi connectivity index (χ3v) is 3.03. The van der Waals surface area contributed by atoms with Gasteiger partial charge < -0.3 is 5.11 Å². The molecule has 0 radical (unpaired) electrons. The van der Waals surface area contributed by atoms with E-state index in [9.17, 15) is 17.6 Å². The largest absolute Gasteiger partial charge is 0.478 e. The zero-order valence-electron chi connectivity index (χ0n) is 8.68. The van der Waals surface area contributed by atoms with E-state index in [2.05, 4.69) is 11.3 Å². The van der Waals surface area contributed by atoms with Crippen molar-refractivity contribution in [1.82, 2.24) is 0 Å². The Labute approximate surface area is 97.6 Å². The fourth-order valence-electron chi connectivity index (χ4n) is 1.13. The fourth-order valence-corrected chi connectivity index (χ4v) is 2.01. The lowest BCUT2D eigenvalue weighted by Crippen LogP contribution is -2.15. The number of carboxylic acids is 1. The van der Waals surface area contributed by atoms with Crippen LogP contribution in [0.1, 0.15) is 10.4 Å². The third-order valence-electron chi connectivity index (χ3n) is 1.81. The van der Waals surface area contributed by atoms with Gasteiger partial charge >= 0.3 is 5.97 Å². The van der Waals surface area contributed by atoms with Gasteiger partial charge in [0.25, 0.3) is 0 Å². The van der Waals surface area contributed by atoms with Crippen molar-refractivity contribution in [2.45, 2.75) is 0 Å². The maximum atomic E-state index is 13.0. The van der Waals surface area contributed by atoms with Crippen molar-refractivity contribution in [2.24, 2.45) is 0 Å². The lowest BCUT2D eigenvalue weighted by atomic mass is 10.2. The smallest absolute Gasteiger partial charge is 0.338 e. The number of benzene rings is 1. The van der Waals surface area contributed by atoms with Crippen LogP contribution in [0.5, 0.6) is 0 Å². The molecule has 1 aromatic rings. The van der Waals surface area contributed by atoms with Crippen molar-refractivity contribution in [1.29, 1.82) is 0 Å². The Morgan fingerprint density at radius 3 is 2.71 bits per heavy atom. The minimum atomic E-state index is -3.62. The number of aromatic carboxylic acids is 1. The van der Waals surface area contributed by atoms with E-state index in [1.54, 1.807) is 0 Å². The van der Waals surface area contributed by atoms with Crippen molar-refractivity contribution in [2.75, 3.05) is 10.5 Å². The van der Waals surface area contributed by atoms with Crippen LogP contribution in [0.2, 0.25) is 0 Å². The molecule has 0 amide bonds. The summed E-state index contributed by atoms with van der Waals surface area (Å²) >= 11 is 0. The van der Waals surface area contributed by atoms with Gasteiger partial charge in [0.05, 0.1) is 11.3 Å². The highest BCUT2D eigenvalue weighted by Gasteiger charge is 2.13. The summed E-state index contributed by atoms with van der Waals surface area (Å²) in [6, 6.07) is 2.94. The van der Waals surface area contributed by atoms with Gasteiger partial charge in [-0.15, -0.1) is 6.58 Å². The van der Waals surface area contributed by atoms with E-state index >= 15 is 0 Å². The van der Waals surface area contributed by atoms with Crippen LogP contribution >= 0.6 is 0 Å². The molecule has 1 rings (SSSR count). The van der Waals surface area contributed by atoms with Gasteiger partial charge in [0, 0.05) is 5.69 Å². The first kappa shape index (κ1) is 13.2. The highest BCUT2D eigenvalue weighted by atomic mass is 32.2. The number of halogens is 1. The van der Waals surface area contributed by atoms with Gasteiger partial charge in [-0.25, -0.2) is 17.6 Å². The van der Waals surface area contributed by atoms with Crippen molar-refractivity contribution < 1.29 is 22.7 Å². The lowest BCUT2D eigenvalue weighted by molar-refractivity contribution is 0.0692. The number of hydrogen-bond donors (Lipinski definition) is 2. The second kappa shape index (κ2) is 4.96. The molecule has 0 unspecified atom stereocenters. The molecule has 0 spiro atoms. The maximum Gasteiger partial charge on any atom is 0.338 e. The van der Waals surface area contributed by atoms with Gasteiger partial charge in [0.2, 0.25) is 10.0 Å². The van der Waals surface area contributed by atoms with Crippen LogP contribution in [-0.4, -0.2) is 25.2 Å². The summed E-state index contributed by atoms with van der Waals surface area (Å²) in [6.45, 7) is 3.27. The number of carbonyl (C=O) groups is 1. The predicted octanol–water partition coefficient (Wildman–Crippen LogP) is 1.45. The molecule has 0 atom stereocenters. The number of sulfonamides is 1. The predicted molar refractivity (Wildman–Crippen MR) is 61.0 cm³/mol. The topological polar surface area (TPSA) is 83.5 Å². The first-order valence-corrected chi connectivity index (χ1v) is 6.15. The summed E-state index contributed by atoms with van der Waals surface area (Å²) < 4.78 is 37.8. The summed E-state index contributed by atoms with van der Waals surface area (Å²) in [5, 5.41) is 8.66. The molecule has 0 aliphatic rings. The van der Waals surface area contributed by atoms with Gasteiger partial charge in [0.15, 0.2) is 0 Å². The molecule has 0 heterocycles. The van der Waals surface area contributed by atoms with E-state index in [4.69, 9.17) is 5.11 Å². The van der Waals surface area contributed by atoms with Gasteiger partial charge in [0.1, 0.15) is 5.82 Å². The van der Waals surface area contributed by atoms with E-state index < -0.39 is 27.4 Å². The summed E-state index contributed by atoms with van der Waals surface area (Å²) in [7, 11) is -3.62. The lowest BCUT2D eigenvalue weighted by Gasteiger charge is -2.07. The van der Waals surface area contributed by atoms with Crippen LogP contribution in [0.4, 0.5) is 10.1 Å². The first-order valence-electron chi connectivity index (χ1n) is 4.50. The molecule has 1 aromatic carbocycles. The van der Waals surface area contributed by atoms with Gasteiger partial charge in [-0.2, -0.15) is 0 Å². The minimum absolute atomic E-state index is 0.00866. The summed E-state index contributed by atoms with van der Waals surface area (Å²) in [5.74, 6) is -2.70. The van der Waals surface area contributed by atoms with Crippen molar-refractivity contribution in [3.63, 3.8) is 0 Å². The normalized spacial score (nSPS) is 10.9. The van der Waals surface area contributed by atoms with Crippen molar-refractivity contribution >= 4 is 21.7 Å². The molecule has 0 bridgehead atoms. The first-order chi connectivity index (χ1) is 7.85. The number of hydrogen-bond acceptors (Lipinski definition) is 3. The van der Waals surface area contributed by atoms with E-state index in [1.807, 2.05) is 0 Å². The molecule has 0 fully saturated rings. The highest BCUT2D eigenvalue weighted by Crippen LogP contribution is 2.16. The molecule has 7 heteroatoms. The maximum absolute atomic E-state index is 13.0. The molecule has 5 nitrogen and oxygen atoms in total. The van der Waals surface area contributed by atoms with Crippen LogP contribution < -0.4 is 4.72 Å². The zero-order valence-corrected chi connectivity index (χ0v) is 9.50. The number of anilines is 1. The Kier molecular flexibility index (Phi) is 3.84. The fraction of sp³-hybridized carbons (Fsp3) is 0.100. The third kappa shape index (κ3) is 3.56. The van der Waals surface area contributed by atoms with E-state index in [1.165, 1.54) is 6.08 Å². The van der Waals surface area contributed by atoms with Crippen LogP contribution in [0.3, 0.4) is 0 Å². The number of nitrogens with one attached hydrogen (secondary N) is 1. The molecule has 0 saturated heterocycles.